The minimum absolute atomic E-state index is 0.0469. The highest BCUT2D eigenvalue weighted by Gasteiger charge is 2.50. The molecular weight excluding hydrogens is 480 g/mol. The highest BCUT2D eigenvalue weighted by molar-refractivity contribution is 8.01. The smallest absolute Gasteiger partial charge is 0.315 e. The first kappa shape index (κ1) is 26.3. The molecule has 0 aromatic heterocycles. The SMILES string of the molecule is COC(=O)CSCCCS[C@H]1C(=O)C[C@@H](CO)C1(C)/C=C/C(O)CC1c2ccc3ccccc3c21. The Morgan fingerprint density at radius 1 is 1.26 bits per heavy atom. The van der Waals surface area contributed by atoms with Crippen molar-refractivity contribution >= 4 is 46.0 Å². The van der Waals surface area contributed by atoms with Gasteiger partial charge in [-0.2, -0.15) is 11.8 Å². The van der Waals surface area contributed by atoms with Crippen LogP contribution in [0.5, 0.6) is 0 Å². The van der Waals surface area contributed by atoms with Gasteiger partial charge in [-0.3, -0.25) is 9.59 Å². The Morgan fingerprint density at radius 3 is 2.83 bits per heavy atom. The van der Waals surface area contributed by atoms with Crippen LogP contribution in [0.1, 0.15) is 43.2 Å². The van der Waals surface area contributed by atoms with Crippen LogP contribution in [0.4, 0.5) is 0 Å². The number of methoxy groups -OCH3 is 1. The molecule has 5 nitrogen and oxygen atoms in total. The van der Waals surface area contributed by atoms with Gasteiger partial charge in [0.2, 0.25) is 0 Å². The highest BCUT2D eigenvalue weighted by atomic mass is 32.2. The van der Waals surface area contributed by atoms with Gasteiger partial charge in [-0.1, -0.05) is 55.5 Å². The van der Waals surface area contributed by atoms with E-state index in [1.807, 2.05) is 25.1 Å². The number of hydrogen-bond acceptors (Lipinski definition) is 7. The number of ether oxygens (including phenoxy) is 1. The minimum Gasteiger partial charge on any atom is -0.468 e. The van der Waals surface area contributed by atoms with Gasteiger partial charge in [-0.05, 0) is 52.2 Å². The molecule has 5 atom stereocenters. The number of carbonyl (C=O) groups excluding carboxylic acids is 2. The molecule has 0 amide bonds. The standard InChI is InChI=1S/C28H34O5S2/c1-28(19(16-29)14-24(31)27(28)35-13-5-12-34-17-25(32)33-2)11-10-20(30)15-23-22-9-8-18-6-3-4-7-21(18)26(22)23/h3-4,6-11,19-20,23,27,29-30H,5,12-17H2,1-2H3/b11-10+/t19-,20?,23?,27-,28?/m0/s1. The number of fused-ring (bicyclic) bond motifs is 3. The molecule has 0 spiro atoms. The molecule has 7 heteroatoms. The van der Waals surface area contributed by atoms with E-state index in [-0.39, 0.29) is 35.4 Å². The fraction of sp³-hybridized carbons (Fsp3) is 0.500. The molecule has 2 aromatic carbocycles. The maximum absolute atomic E-state index is 12.8. The van der Waals surface area contributed by atoms with Crippen LogP contribution in [-0.4, -0.2) is 64.3 Å². The van der Waals surface area contributed by atoms with Crippen LogP contribution in [0.3, 0.4) is 0 Å². The molecule has 2 aliphatic carbocycles. The normalized spacial score (nSPS) is 26.3. The number of esters is 1. The molecule has 0 saturated heterocycles. The number of thioether (sulfide) groups is 2. The van der Waals surface area contributed by atoms with E-state index in [1.165, 1.54) is 40.8 Å². The van der Waals surface area contributed by atoms with Crippen molar-refractivity contribution in [3.8, 4) is 0 Å². The van der Waals surface area contributed by atoms with E-state index in [9.17, 15) is 19.8 Å². The lowest BCUT2D eigenvalue weighted by Crippen LogP contribution is -2.33. The number of Topliss-reactive ketones (excluding diaryl/α,β-unsaturated/α-hetero) is 1. The predicted molar refractivity (Wildman–Crippen MR) is 144 cm³/mol. The topological polar surface area (TPSA) is 83.8 Å². The molecule has 0 bridgehead atoms. The van der Waals surface area contributed by atoms with Gasteiger partial charge in [0.1, 0.15) is 5.78 Å². The number of aliphatic hydroxyl groups is 2. The van der Waals surface area contributed by atoms with Crippen LogP contribution in [0.25, 0.3) is 10.8 Å². The summed E-state index contributed by atoms with van der Waals surface area (Å²) in [5.74, 6) is 2.04. The second kappa shape index (κ2) is 11.5. The summed E-state index contributed by atoms with van der Waals surface area (Å²) in [5, 5.41) is 23.1. The van der Waals surface area contributed by atoms with Crippen molar-refractivity contribution in [3.05, 3.63) is 59.7 Å². The first-order valence-corrected chi connectivity index (χ1v) is 14.4. The van der Waals surface area contributed by atoms with Crippen molar-refractivity contribution in [2.45, 2.75) is 43.5 Å². The van der Waals surface area contributed by atoms with Crippen LogP contribution in [0, 0.1) is 11.3 Å². The third-order valence-corrected chi connectivity index (χ3v) is 10.0. The minimum atomic E-state index is -0.613. The summed E-state index contributed by atoms with van der Waals surface area (Å²) in [6.07, 6.45) is 5.08. The second-order valence-electron chi connectivity index (χ2n) is 9.65. The molecule has 2 aromatic rings. The Balaban J connectivity index is 1.34. The lowest BCUT2D eigenvalue weighted by molar-refractivity contribution is -0.137. The van der Waals surface area contributed by atoms with Crippen molar-refractivity contribution in [1.29, 1.82) is 0 Å². The summed E-state index contributed by atoms with van der Waals surface area (Å²) in [7, 11) is 1.39. The third-order valence-electron chi connectivity index (χ3n) is 7.37. The summed E-state index contributed by atoms with van der Waals surface area (Å²) < 4.78 is 4.65. The van der Waals surface area contributed by atoms with Crippen molar-refractivity contribution in [2.75, 3.05) is 31.0 Å². The Morgan fingerprint density at radius 2 is 2.06 bits per heavy atom. The molecule has 35 heavy (non-hydrogen) atoms. The van der Waals surface area contributed by atoms with Gasteiger partial charge in [0, 0.05) is 24.4 Å². The molecular formula is C28H34O5S2. The van der Waals surface area contributed by atoms with Crippen LogP contribution >= 0.6 is 23.5 Å². The van der Waals surface area contributed by atoms with Gasteiger partial charge < -0.3 is 14.9 Å². The highest BCUT2D eigenvalue weighted by Crippen LogP contribution is 2.51. The molecule has 1 fully saturated rings. The van der Waals surface area contributed by atoms with E-state index in [0.29, 0.717) is 18.6 Å². The van der Waals surface area contributed by atoms with Crippen molar-refractivity contribution in [1.82, 2.24) is 0 Å². The van der Waals surface area contributed by atoms with Gasteiger partial charge in [-0.25, -0.2) is 0 Å². The molecule has 3 unspecified atom stereocenters. The molecule has 188 valence electrons. The molecule has 1 saturated carbocycles. The summed E-state index contributed by atoms with van der Waals surface area (Å²) in [4.78, 5) is 24.0. The zero-order valence-corrected chi connectivity index (χ0v) is 21.9. The number of carbonyl (C=O) groups is 2. The lowest BCUT2D eigenvalue weighted by Gasteiger charge is -2.32. The number of ketones is 1. The Hall–Kier alpha value is -1.80. The fourth-order valence-corrected chi connectivity index (χ4v) is 7.67. The Labute approximate surface area is 215 Å². The Bertz CT molecular complexity index is 1100. The largest absolute Gasteiger partial charge is 0.468 e. The van der Waals surface area contributed by atoms with Crippen molar-refractivity contribution in [3.63, 3.8) is 0 Å². The molecule has 0 radical (unpaired) electrons. The summed E-state index contributed by atoms with van der Waals surface area (Å²) >= 11 is 3.16. The van der Waals surface area contributed by atoms with E-state index < -0.39 is 11.5 Å². The first-order chi connectivity index (χ1) is 16.9. The van der Waals surface area contributed by atoms with E-state index in [0.717, 1.165) is 17.9 Å². The van der Waals surface area contributed by atoms with Gasteiger partial charge in [0.15, 0.2) is 0 Å². The quantitative estimate of drug-likeness (QED) is 0.244. The van der Waals surface area contributed by atoms with Crippen LogP contribution < -0.4 is 0 Å². The number of hydrogen-bond donors (Lipinski definition) is 2. The molecule has 0 heterocycles. The lowest BCUT2D eigenvalue weighted by atomic mass is 9.79. The van der Waals surface area contributed by atoms with Gasteiger partial charge in [0.05, 0.1) is 24.2 Å². The number of benzene rings is 2. The third kappa shape index (κ3) is 5.79. The fourth-order valence-electron chi connectivity index (χ4n) is 5.25. The predicted octanol–water partition coefficient (Wildman–Crippen LogP) is 4.58. The van der Waals surface area contributed by atoms with Gasteiger partial charge in [-0.15, -0.1) is 11.8 Å². The summed E-state index contributed by atoms with van der Waals surface area (Å²) in [6, 6.07) is 12.7. The van der Waals surface area contributed by atoms with Gasteiger partial charge in [0.25, 0.3) is 0 Å². The monoisotopic (exact) mass is 514 g/mol. The molecule has 4 rings (SSSR count). The van der Waals surface area contributed by atoms with Gasteiger partial charge >= 0.3 is 5.97 Å². The van der Waals surface area contributed by atoms with E-state index in [4.69, 9.17) is 0 Å². The number of allylic oxidation sites excluding steroid dienone is 1. The summed E-state index contributed by atoms with van der Waals surface area (Å²) in [5.41, 5.74) is 2.15. The zero-order chi connectivity index (χ0) is 25.0. The average Bonchev–Trinajstić information content (AvgIpc) is 3.51. The summed E-state index contributed by atoms with van der Waals surface area (Å²) in [6.45, 7) is 1.99. The second-order valence-corrected chi connectivity index (χ2v) is 12.0. The van der Waals surface area contributed by atoms with E-state index >= 15 is 0 Å². The van der Waals surface area contributed by atoms with Crippen molar-refractivity contribution < 1.29 is 24.5 Å². The van der Waals surface area contributed by atoms with Crippen LogP contribution in [0.15, 0.2) is 48.6 Å². The molecule has 2 N–H and O–H groups in total. The van der Waals surface area contributed by atoms with Crippen LogP contribution in [-0.2, 0) is 14.3 Å². The van der Waals surface area contributed by atoms with E-state index in [1.54, 1.807) is 11.8 Å². The Kier molecular flexibility index (Phi) is 8.63. The average molecular weight is 515 g/mol. The number of aliphatic hydroxyl groups excluding tert-OH is 2. The maximum Gasteiger partial charge on any atom is 0.315 e. The maximum atomic E-state index is 12.8. The number of rotatable bonds is 12. The van der Waals surface area contributed by atoms with E-state index in [2.05, 4.69) is 35.1 Å². The van der Waals surface area contributed by atoms with Crippen LogP contribution in [0.2, 0.25) is 0 Å². The zero-order valence-electron chi connectivity index (χ0n) is 20.3. The molecule has 0 aliphatic heterocycles. The molecule has 2 aliphatic rings. The first-order valence-electron chi connectivity index (χ1n) is 12.2. The van der Waals surface area contributed by atoms with Crippen molar-refractivity contribution in [2.24, 2.45) is 11.3 Å².